The van der Waals surface area contributed by atoms with Crippen LogP contribution >= 0.6 is 0 Å². The van der Waals surface area contributed by atoms with E-state index in [1.165, 1.54) is 24.2 Å². The van der Waals surface area contributed by atoms with Crippen LogP contribution in [0.1, 0.15) is 30.1 Å². The Morgan fingerprint density at radius 1 is 0.909 bits per heavy atom. The topological polar surface area (TPSA) is 111 Å². The number of hydrogen-bond donors (Lipinski definition) is 2. The van der Waals surface area contributed by atoms with Gasteiger partial charge in [-0.05, 0) is 38.1 Å². The van der Waals surface area contributed by atoms with E-state index in [1.54, 1.807) is 7.11 Å². The van der Waals surface area contributed by atoms with Gasteiger partial charge >= 0.3 is 24.3 Å². The zero-order valence-electron chi connectivity index (χ0n) is 24.0. The van der Waals surface area contributed by atoms with E-state index in [0.29, 0.717) is 6.04 Å². The predicted octanol–water partition coefficient (Wildman–Crippen LogP) is 4.70. The first kappa shape index (κ1) is 34.4. The second-order valence-electron chi connectivity index (χ2n) is 10.1. The Balaban J connectivity index is 0.000000317. The molecule has 10 nitrogen and oxygen atoms in total. The number of hydrogen-bond acceptors (Lipinski definition) is 7. The first-order valence-electron chi connectivity index (χ1n) is 13.5. The van der Waals surface area contributed by atoms with Gasteiger partial charge in [0.15, 0.2) is 0 Å². The highest BCUT2D eigenvalue weighted by Crippen LogP contribution is 2.29. The minimum absolute atomic E-state index is 0.291. The molecule has 1 aromatic carbocycles. The number of likely N-dealkylation sites (N-methyl/N-ethyl adjacent to an activating group) is 1. The van der Waals surface area contributed by atoms with Crippen molar-refractivity contribution < 1.29 is 50.9 Å². The van der Waals surface area contributed by atoms with Gasteiger partial charge in [-0.25, -0.2) is 14.6 Å². The molecule has 242 valence electrons. The van der Waals surface area contributed by atoms with Gasteiger partial charge in [0.25, 0.3) is 0 Å². The van der Waals surface area contributed by atoms with Crippen molar-refractivity contribution in [3.63, 3.8) is 0 Å². The molecule has 2 saturated heterocycles. The fraction of sp³-hybridized carbons (Fsp3) is 0.464. The summed E-state index contributed by atoms with van der Waals surface area (Å²) in [6, 6.07) is 15.1. The molecule has 5 rings (SSSR count). The molecule has 2 aliphatic rings. The van der Waals surface area contributed by atoms with Crippen LogP contribution in [0.4, 0.5) is 32.2 Å². The number of piperazine rings is 1. The molecule has 2 aliphatic heterocycles. The van der Waals surface area contributed by atoms with Gasteiger partial charge in [-0.2, -0.15) is 26.3 Å². The third-order valence-electron chi connectivity index (χ3n) is 7.06. The summed E-state index contributed by atoms with van der Waals surface area (Å²) in [6.45, 7) is 6.24. The number of halogens is 6. The highest BCUT2D eigenvalue weighted by molar-refractivity contribution is 5.73. The van der Waals surface area contributed by atoms with E-state index >= 15 is 0 Å². The number of imidazole rings is 1. The summed E-state index contributed by atoms with van der Waals surface area (Å²) in [5, 5.41) is 14.2. The van der Waals surface area contributed by atoms with Crippen molar-refractivity contribution in [1.29, 1.82) is 0 Å². The lowest BCUT2D eigenvalue weighted by Gasteiger charge is -2.38. The molecule has 0 radical (unpaired) electrons. The van der Waals surface area contributed by atoms with Crippen molar-refractivity contribution in [3.05, 3.63) is 59.9 Å². The number of aromatic nitrogens is 2. The maximum atomic E-state index is 10.6. The summed E-state index contributed by atoms with van der Waals surface area (Å²) in [5.41, 5.74) is 3.45. The molecule has 1 unspecified atom stereocenters. The minimum Gasteiger partial charge on any atom is -0.496 e. The molecule has 0 amide bonds. The zero-order valence-corrected chi connectivity index (χ0v) is 24.0. The lowest BCUT2D eigenvalue weighted by atomic mass is 10.1. The summed E-state index contributed by atoms with van der Waals surface area (Å²) in [5.74, 6) is -3.27. The molecule has 0 aliphatic carbocycles. The molecule has 4 heterocycles. The fourth-order valence-electron chi connectivity index (χ4n) is 4.85. The monoisotopic (exact) mass is 633 g/mol. The van der Waals surface area contributed by atoms with Crippen molar-refractivity contribution in [2.24, 2.45) is 0 Å². The zero-order chi connectivity index (χ0) is 32.7. The number of alkyl halides is 6. The number of para-hydroxylation sites is 1. The molecular formula is C28H33F6N5O5. The van der Waals surface area contributed by atoms with Gasteiger partial charge in [0.1, 0.15) is 17.2 Å². The maximum Gasteiger partial charge on any atom is 0.490 e. The Morgan fingerprint density at radius 3 is 2.07 bits per heavy atom. The van der Waals surface area contributed by atoms with E-state index in [0.717, 1.165) is 56.4 Å². The number of ether oxygens (including phenoxy) is 1. The largest absolute Gasteiger partial charge is 0.496 e. The van der Waals surface area contributed by atoms with Crippen molar-refractivity contribution >= 4 is 23.4 Å². The number of carboxylic acids is 2. The van der Waals surface area contributed by atoms with Crippen LogP contribution < -0.4 is 9.64 Å². The Kier molecular flexibility index (Phi) is 11.4. The van der Waals surface area contributed by atoms with Crippen LogP contribution in [0.25, 0.3) is 5.65 Å². The standard InChI is InChI=1S/C24H31N5O.2C2HF3O2/c1-26-14-15-27(16-19-8-3-4-9-22(19)30-2)18-21(26)20-17-29-23(25-20)10-7-11-24(29)28-12-5-6-13-28;2*3-2(4,5)1(6)7/h3-4,7-11,17,21H,5-6,12-16,18H2,1-2H3;2*(H,6,7). The van der Waals surface area contributed by atoms with Crippen molar-refractivity contribution in [2.45, 2.75) is 37.8 Å². The highest BCUT2D eigenvalue weighted by Gasteiger charge is 2.39. The summed E-state index contributed by atoms with van der Waals surface area (Å²) in [7, 11) is 3.97. The molecule has 3 aromatic rings. The molecular weight excluding hydrogens is 600 g/mol. The summed E-state index contributed by atoms with van der Waals surface area (Å²) in [6.07, 6.45) is -5.35. The molecule has 2 N–H and O–H groups in total. The van der Waals surface area contributed by atoms with Gasteiger partial charge in [0.05, 0.1) is 18.8 Å². The number of fused-ring (bicyclic) bond motifs is 1. The molecule has 2 aromatic heterocycles. The number of carbonyl (C=O) groups is 2. The van der Waals surface area contributed by atoms with Gasteiger partial charge in [0.2, 0.25) is 0 Å². The number of anilines is 1. The number of aliphatic carboxylic acids is 2. The van der Waals surface area contributed by atoms with Crippen molar-refractivity contribution in [3.8, 4) is 5.75 Å². The van der Waals surface area contributed by atoms with E-state index in [2.05, 4.69) is 62.7 Å². The van der Waals surface area contributed by atoms with Crippen LogP contribution in [0.3, 0.4) is 0 Å². The van der Waals surface area contributed by atoms with Gasteiger partial charge in [-0.3, -0.25) is 14.2 Å². The lowest BCUT2D eigenvalue weighted by molar-refractivity contribution is -0.193. The Hall–Kier alpha value is -4.05. The van der Waals surface area contributed by atoms with E-state index < -0.39 is 24.3 Å². The minimum atomic E-state index is -5.08. The molecule has 1 atom stereocenters. The SMILES string of the molecule is COc1ccccc1CN1CCN(C)C(c2cn3c(N4CCCC4)cccc3n2)C1.O=C(O)C(F)(F)F.O=C(O)C(F)(F)F. The third-order valence-corrected chi connectivity index (χ3v) is 7.06. The smallest absolute Gasteiger partial charge is 0.490 e. The van der Waals surface area contributed by atoms with E-state index in [4.69, 9.17) is 29.5 Å². The Bertz CT molecular complexity index is 1380. The van der Waals surface area contributed by atoms with Gasteiger partial charge in [0, 0.05) is 51.0 Å². The van der Waals surface area contributed by atoms with Gasteiger partial charge in [-0.15, -0.1) is 0 Å². The number of benzene rings is 1. The number of nitrogens with zero attached hydrogens (tertiary/aromatic N) is 5. The molecule has 0 spiro atoms. The molecule has 2 fully saturated rings. The Labute approximate surface area is 249 Å². The number of rotatable bonds is 5. The van der Waals surface area contributed by atoms with Crippen molar-refractivity contribution in [1.82, 2.24) is 19.2 Å². The molecule has 0 bridgehead atoms. The number of methoxy groups -OCH3 is 1. The number of pyridine rings is 1. The van der Waals surface area contributed by atoms with E-state index in [-0.39, 0.29) is 0 Å². The van der Waals surface area contributed by atoms with Gasteiger partial charge < -0.3 is 19.8 Å². The van der Waals surface area contributed by atoms with Crippen LogP contribution in [-0.4, -0.2) is 101 Å². The first-order chi connectivity index (χ1) is 20.6. The molecule has 16 heteroatoms. The summed E-state index contributed by atoms with van der Waals surface area (Å²) >= 11 is 0. The van der Waals surface area contributed by atoms with Gasteiger partial charge in [-0.1, -0.05) is 24.3 Å². The second-order valence-corrected chi connectivity index (χ2v) is 10.1. The fourth-order valence-corrected chi connectivity index (χ4v) is 4.85. The van der Waals surface area contributed by atoms with E-state index in [9.17, 15) is 26.3 Å². The second kappa shape index (κ2) is 14.6. The third kappa shape index (κ3) is 9.22. The average molecular weight is 634 g/mol. The Morgan fingerprint density at radius 2 is 1.50 bits per heavy atom. The quantitative estimate of drug-likeness (QED) is 0.387. The molecule has 44 heavy (non-hydrogen) atoms. The number of carboxylic acid groups (broad SMARTS) is 2. The summed E-state index contributed by atoms with van der Waals surface area (Å²) < 4.78 is 71.3. The normalized spacial score (nSPS) is 17.8. The average Bonchev–Trinajstić information content (AvgIpc) is 3.64. The summed E-state index contributed by atoms with van der Waals surface area (Å²) in [4.78, 5) is 30.3. The van der Waals surface area contributed by atoms with Crippen molar-refractivity contribution in [2.75, 3.05) is 51.8 Å². The highest BCUT2D eigenvalue weighted by atomic mass is 19.4. The van der Waals surface area contributed by atoms with Crippen LogP contribution in [0.5, 0.6) is 5.75 Å². The van der Waals surface area contributed by atoms with E-state index in [1.807, 2.05) is 12.1 Å². The van der Waals surface area contributed by atoms with Crippen LogP contribution in [0.2, 0.25) is 0 Å². The maximum absolute atomic E-state index is 10.6. The van der Waals surface area contributed by atoms with Crippen LogP contribution in [0.15, 0.2) is 48.7 Å². The predicted molar refractivity (Wildman–Crippen MR) is 148 cm³/mol. The first-order valence-corrected chi connectivity index (χ1v) is 13.5. The van der Waals surface area contributed by atoms with Crippen LogP contribution in [-0.2, 0) is 16.1 Å². The lowest BCUT2D eigenvalue weighted by Crippen LogP contribution is -2.46. The molecule has 0 saturated carbocycles. The van der Waals surface area contributed by atoms with Crippen LogP contribution in [0, 0.1) is 0 Å².